The van der Waals surface area contributed by atoms with Crippen LogP contribution in [0.2, 0.25) is 0 Å². The van der Waals surface area contributed by atoms with E-state index in [1.54, 1.807) is 36.3 Å². The molecule has 1 saturated heterocycles. The highest BCUT2D eigenvalue weighted by Gasteiger charge is 2.31. The molecule has 2 aromatic carbocycles. The number of ether oxygens (including phenoxy) is 2. The number of likely N-dealkylation sites (tertiary alicyclic amines) is 1. The van der Waals surface area contributed by atoms with Crippen LogP contribution in [-0.2, 0) is 18.3 Å². The van der Waals surface area contributed by atoms with Gasteiger partial charge in [-0.15, -0.1) is 13.2 Å². The third-order valence-corrected chi connectivity index (χ3v) is 6.09. The van der Waals surface area contributed by atoms with Crippen molar-refractivity contribution in [3.63, 3.8) is 0 Å². The lowest BCUT2D eigenvalue weighted by molar-refractivity contribution is -0.274. The van der Waals surface area contributed by atoms with Gasteiger partial charge in [0.1, 0.15) is 23.7 Å². The molecule has 4 rings (SSSR count). The van der Waals surface area contributed by atoms with Gasteiger partial charge in [0.15, 0.2) is 5.69 Å². The fraction of sp³-hybridized carbons (Fsp3) is 0.308. The number of carbonyl (C=O) groups excluding carboxylic acids is 2. The van der Waals surface area contributed by atoms with Crippen LogP contribution in [0, 0.1) is 11.3 Å². The molecule has 0 unspecified atom stereocenters. The first-order valence-electron chi connectivity index (χ1n) is 11.7. The summed E-state index contributed by atoms with van der Waals surface area (Å²) in [5, 5.41) is 13.4. The number of aryl methyl sites for hydroxylation is 1. The molecule has 0 atom stereocenters. The molecule has 0 bridgehead atoms. The van der Waals surface area contributed by atoms with Gasteiger partial charge < -0.3 is 20.1 Å². The molecule has 0 radical (unpaired) electrons. The normalized spacial score (nSPS) is 14.1. The summed E-state index contributed by atoms with van der Waals surface area (Å²) in [4.78, 5) is 26.5. The fourth-order valence-corrected chi connectivity index (χ4v) is 4.27. The summed E-state index contributed by atoms with van der Waals surface area (Å²) in [5.41, 5.74) is 7.74. The third-order valence-electron chi connectivity index (χ3n) is 6.09. The first-order valence-corrected chi connectivity index (χ1v) is 11.7. The highest BCUT2D eigenvalue weighted by molar-refractivity contribution is 5.97. The van der Waals surface area contributed by atoms with Crippen LogP contribution in [0.3, 0.4) is 0 Å². The summed E-state index contributed by atoms with van der Waals surface area (Å²) in [7, 11) is 1.69. The Morgan fingerprint density at radius 3 is 2.45 bits per heavy atom. The maximum atomic E-state index is 12.7. The van der Waals surface area contributed by atoms with Crippen molar-refractivity contribution in [1.82, 2.24) is 14.7 Å². The zero-order valence-corrected chi connectivity index (χ0v) is 20.4. The number of hydrogen-bond acceptors (Lipinski definition) is 6. The lowest BCUT2D eigenvalue weighted by atomic mass is 10.0. The molecule has 2 amide bonds. The predicted molar refractivity (Wildman–Crippen MR) is 129 cm³/mol. The largest absolute Gasteiger partial charge is 0.573 e. The fourth-order valence-electron chi connectivity index (χ4n) is 4.27. The summed E-state index contributed by atoms with van der Waals surface area (Å²) in [6, 6.07) is 12.1. The Bertz CT molecular complexity index is 1370. The Kier molecular flexibility index (Phi) is 7.57. The minimum atomic E-state index is -4.77. The molecule has 1 aliphatic heterocycles. The monoisotopic (exact) mass is 527 g/mol. The van der Waals surface area contributed by atoms with Crippen LogP contribution in [0.5, 0.6) is 11.5 Å². The molecule has 2 heterocycles. The van der Waals surface area contributed by atoms with Crippen LogP contribution in [-0.4, -0.2) is 52.1 Å². The number of rotatable bonds is 7. The van der Waals surface area contributed by atoms with Gasteiger partial charge in [-0.2, -0.15) is 10.4 Å². The number of benzene rings is 2. The Hall–Kier alpha value is -4.53. The van der Waals surface area contributed by atoms with Gasteiger partial charge in [-0.05, 0) is 35.4 Å². The Morgan fingerprint density at radius 2 is 1.84 bits per heavy atom. The van der Waals surface area contributed by atoms with E-state index in [9.17, 15) is 28.0 Å². The first-order chi connectivity index (χ1) is 18.0. The van der Waals surface area contributed by atoms with E-state index in [0.717, 1.165) is 0 Å². The zero-order valence-electron chi connectivity index (χ0n) is 20.4. The van der Waals surface area contributed by atoms with Crippen LogP contribution in [0.15, 0.2) is 48.7 Å². The average molecular weight is 528 g/mol. The van der Waals surface area contributed by atoms with E-state index in [1.807, 2.05) is 6.07 Å². The number of aromatic nitrogens is 2. The van der Waals surface area contributed by atoms with Gasteiger partial charge in [0.05, 0.1) is 12.0 Å². The highest BCUT2D eigenvalue weighted by atomic mass is 19.4. The molecule has 0 saturated carbocycles. The van der Waals surface area contributed by atoms with Crippen molar-refractivity contribution in [3.05, 3.63) is 65.5 Å². The van der Waals surface area contributed by atoms with Crippen LogP contribution < -0.4 is 15.2 Å². The lowest BCUT2D eigenvalue weighted by Gasteiger charge is -2.32. The minimum Gasteiger partial charge on any atom is -0.489 e. The molecular formula is C26H24F3N5O4. The van der Waals surface area contributed by atoms with Gasteiger partial charge in [-0.1, -0.05) is 18.2 Å². The number of primary amides is 1. The number of alkyl halides is 3. The van der Waals surface area contributed by atoms with E-state index in [-0.39, 0.29) is 35.4 Å². The van der Waals surface area contributed by atoms with Gasteiger partial charge in [-0.25, -0.2) is 0 Å². The van der Waals surface area contributed by atoms with Crippen LogP contribution in [0.4, 0.5) is 13.2 Å². The number of carbonyl (C=O) groups is 2. The summed E-state index contributed by atoms with van der Waals surface area (Å²) < 4.78 is 48.4. The second-order valence-electron chi connectivity index (χ2n) is 8.82. The molecule has 0 aliphatic carbocycles. The first kappa shape index (κ1) is 26.5. The molecule has 198 valence electrons. The van der Waals surface area contributed by atoms with Crippen molar-refractivity contribution >= 4 is 11.8 Å². The van der Waals surface area contributed by atoms with Crippen LogP contribution >= 0.6 is 0 Å². The van der Waals surface area contributed by atoms with E-state index in [0.29, 0.717) is 48.4 Å². The quantitative estimate of drug-likeness (QED) is 0.501. The minimum absolute atomic E-state index is 0.0458. The summed E-state index contributed by atoms with van der Waals surface area (Å²) in [6.07, 6.45) is -2.27. The number of hydrogen-bond donors (Lipinski definition) is 1. The van der Waals surface area contributed by atoms with Gasteiger partial charge in [0.25, 0.3) is 5.91 Å². The summed E-state index contributed by atoms with van der Waals surface area (Å²) in [6.45, 7) is 0.841. The molecule has 38 heavy (non-hydrogen) atoms. The number of nitrogens with two attached hydrogens (primary N) is 1. The van der Waals surface area contributed by atoms with Crippen molar-refractivity contribution in [2.45, 2.75) is 31.7 Å². The Balaban J connectivity index is 1.36. The van der Waals surface area contributed by atoms with Crippen LogP contribution in [0.1, 0.15) is 34.5 Å². The molecule has 3 aromatic rings. The van der Waals surface area contributed by atoms with Crippen molar-refractivity contribution in [3.8, 4) is 28.7 Å². The molecule has 1 aromatic heterocycles. The molecule has 2 N–H and O–H groups in total. The van der Waals surface area contributed by atoms with E-state index in [2.05, 4.69) is 9.84 Å². The van der Waals surface area contributed by atoms with E-state index in [1.165, 1.54) is 28.9 Å². The molecule has 1 aliphatic rings. The van der Waals surface area contributed by atoms with Crippen molar-refractivity contribution in [2.24, 2.45) is 12.8 Å². The SMILES string of the molecule is Cn1cc(-c2ccc(OC3CCN(C(=O)Cc4ccc(OC(F)(F)F)cc4)CC3)c(C(N)=O)c2)c(C#N)n1. The highest BCUT2D eigenvalue weighted by Crippen LogP contribution is 2.30. The molecule has 12 heteroatoms. The van der Waals surface area contributed by atoms with Crippen molar-refractivity contribution in [2.75, 3.05) is 13.1 Å². The van der Waals surface area contributed by atoms with Crippen LogP contribution in [0.25, 0.3) is 11.1 Å². The van der Waals surface area contributed by atoms with Gasteiger partial charge >= 0.3 is 6.36 Å². The summed E-state index contributed by atoms with van der Waals surface area (Å²) in [5.74, 6) is -0.862. The maximum absolute atomic E-state index is 12.7. The molecule has 1 fully saturated rings. The van der Waals surface area contributed by atoms with E-state index < -0.39 is 12.3 Å². The van der Waals surface area contributed by atoms with Crippen molar-refractivity contribution < 1.29 is 32.2 Å². The Labute approximate surface area is 216 Å². The standard InChI is InChI=1S/C26H24F3N5O4/c1-33-15-21(22(14-30)32-33)17-4-7-23(20(13-17)25(31)36)37-18-8-10-34(11-9-18)24(35)12-16-2-5-19(6-3-16)38-26(27,28)29/h2-7,13,15,18H,8-12H2,1H3,(H2,31,36). The number of halogens is 3. The van der Waals surface area contributed by atoms with Gasteiger partial charge in [-0.3, -0.25) is 14.3 Å². The molecular weight excluding hydrogens is 503 g/mol. The molecule has 9 nitrogen and oxygen atoms in total. The average Bonchev–Trinajstić information content (AvgIpc) is 3.25. The zero-order chi connectivity index (χ0) is 27.4. The second-order valence-corrected chi connectivity index (χ2v) is 8.82. The van der Waals surface area contributed by atoms with E-state index >= 15 is 0 Å². The van der Waals surface area contributed by atoms with Crippen molar-refractivity contribution in [1.29, 1.82) is 5.26 Å². The number of nitrogens with zero attached hydrogens (tertiary/aromatic N) is 4. The number of piperidine rings is 1. The molecule has 0 spiro atoms. The maximum Gasteiger partial charge on any atom is 0.573 e. The lowest BCUT2D eigenvalue weighted by Crippen LogP contribution is -2.42. The smallest absolute Gasteiger partial charge is 0.489 e. The number of amides is 2. The Morgan fingerprint density at radius 1 is 1.16 bits per heavy atom. The van der Waals surface area contributed by atoms with Gasteiger partial charge in [0.2, 0.25) is 5.91 Å². The number of nitriles is 1. The summed E-state index contributed by atoms with van der Waals surface area (Å²) >= 11 is 0. The van der Waals surface area contributed by atoms with Gasteiger partial charge in [0, 0.05) is 44.7 Å². The predicted octanol–water partition coefficient (Wildman–Crippen LogP) is 3.57. The van der Waals surface area contributed by atoms with E-state index in [4.69, 9.17) is 10.5 Å². The topological polar surface area (TPSA) is 123 Å². The third kappa shape index (κ3) is 6.42. The second kappa shape index (κ2) is 10.8.